The number of nitrogens with zero attached hydrogens (tertiary/aromatic N) is 7. The zero-order valence-electron chi connectivity index (χ0n) is 17.8. The molecular weight excluding hydrogens is 418 g/mol. The molecule has 0 N–H and O–H groups in total. The highest BCUT2D eigenvalue weighted by Crippen LogP contribution is 2.29. The van der Waals surface area contributed by atoms with Crippen molar-refractivity contribution in [2.24, 2.45) is 5.10 Å². The number of hydrogen-bond donors (Lipinski definition) is 0. The van der Waals surface area contributed by atoms with Crippen molar-refractivity contribution in [3.8, 4) is 11.3 Å². The summed E-state index contributed by atoms with van der Waals surface area (Å²) in [6.45, 7) is 2.73. The zero-order valence-corrected chi connectivity index (χ0v) is 17.8. The van der Waals surface area contributed by atoms with Crippen LogP contribution in [-0.2, 0) is 9.53 Å². The number of aromatic nitrogens is 4. The molecule has 3 aromatic heterocycles. The van der Waals surface area contributed by atoms with Crippen molar-refractivity contribution in [1.82, 2.24) is 19.6 Å². The Morgan fingerprint density at radius 2 is 1.70 bits per heavy atom. The topological polar surface area (TPSA) is 88.2 Å². The van der Waals surface area contributed by atoms with E-state index < -0.39 is 0 Å². The van der Waals surface area contributed by atoms with Gasteiger partial charge in [-0.15, -0.1) is 0 Å². The molecule has 5 heterocycles. The van der Waals surface area contributed by atoms with Gasteiger partial charge >= 0.3 is 0 Å². The van der Waals surface area contributed by atoms with Gasteiger partial charge in [-0.2, -0.15) is 19.7 Å². The third-order valence-corrected chi connectivity index (χ3v) is 5.81. The molecule has 1 saturated heterocycles. The van der Waals surface area contributed by atoms with Crippen molar-refractivity contribution in [2.75, 3.05) is 36.2 Å². The van der Waals surface area contributed by atoms with Crippen molar-refractivity contribution < 1.29 is 9.53 Å². The van der Waals surface area contributed by atoms with Crippen LogP contribution in [0.15, 0.2) is 72.1 Å². The molecule has 164 valence electrons. The molecule has 0 aliphatic carbocycles. The third-order valence-electron chi connectivity index (χ3n) is 5.81. The maximum absolute atomic E-state index is 12.9. The van der Waals surface area contributed by atoms with Gasteiger partial charge in [0.1, 0.15) is 5.82 Å². The lowest BCUT2D eigenvalue weighted by atomic mass is 10.1. The second-order valence-corrected chi connectivity index (χ2v) is 7.90. The van der Waals surface area contributed by atoms with E-state index in [1.54, 1.807) is 12.4 Å². The summed E-state index contributed by atoms with van der Waals surface area (Å²) >= 11 is 0. The Morgan fingerprint density at radius 1 is 0.909 bits per heavy atom. The largest absolute Gasteiger partial charge is 0.378 e. The smallest absolute Gasteiger partial charge is 0.254 e. The zero-order chi connectivity index (χ0) is 22.2. The quantitative estimate of drug-likeness (QED) is 0.486. The predicted molar refractivity (Wildman–Crippen MR) is 124 cm³/mol. The highest BCUT2D eigenvalue weighted by atomic mass is 16.5. The third kappa shape index (κ3) is 3.62. The molecule has 9 nitrogen and oxygen atoms in total. The fraction of sp³-hybridized carbons (Fsp3) is 0.208. The molecule has 0 bridgehead atoms. The van der Waals surface area contributed by atoms with Crippen LogP contribution in [0, 0.1) is 0 Å². The van der Waals surface area contributed by atoms with Crippen LogP contribution in [0.25, 0.3) is 16.9 Å². The van der Waals surface area contributed by atoms with Crippen LogP contribution in [0.5, 0.6) is 0 Å². The SMILES string of the molecule is O=C1CC(c2ccccc2)=NN1c1cc(N2CCOCC2)n2nc(-c3ccncc3)cc2n1. The number of fused-ring (bicyclic) bond motifs is 1. The van der Waals surface area contributed by atoms with Gasteiger partial charge in [0.2, 0.25) is 0 Å². The van der Waals surface area contributed by atoms with E-state index in [0.29, 0.717) is 24.7 Å². The fourth-order valence-electron chi connectivity index (χ4n) is 4.13. The predicted octanol–water partition coefficient (Wildman–Crippen LogP) is 2.77. The highest BCUT2D eigenvalue weighted by molar-refractivity contribution is 6.19. The van der Waals surface area contributed by atoms with E-state index in [-0.39, 0.29) is 12.3 Å². The second kappa shape index (κ2) is 8.10. The molecule has 1 aromatic carbocycles. The lowest BCUT2D eigenvalue weighted by Gasteiger charge is -2.29. The van der Waals surface area contributed by atoms with Gasteiger partial charge in [-0.1, -0.05) is 30.3 Å². The Hall–Kier alpha value is -4.11. The summed E-state index contributed by atoms with van der Waals surface area (Å²) in [7, 11) is 0. The highest BCUT2D eigenvalue weighted by Gasteiger charge is 2.29. The average Bonchev–Trinajstić information content (AvgIpc) is 3.49. The molecule has 6 rings (SSSR count). The van der Waals surface area contributed by atoms with Crippen molar-refractivity contribution >= 4 is 28.9 Å². The molecule has 4 aromatic rings. The molecule has 0 atom stereocenters. The number of morpholine rings is 1. The van der Waals surface area contributed by atoms with E-state index in [1.807, 2.05) is 59.1 Å². The van der Waals surface area contributed by atoms with Gasteiger partial charge in [-0.3, -0.25) is 9.78 Å². The van der Waals surface area contributed by atoms with E-state index in [9.17, 15) is 4.79 Å². The number of rotatable bonds is 4. The van der Waals surface area contributed by atoms with E-state index >= 15 is 0 Å². The van der Waals surface area contributed by atoms with Gasteiger partial charge in [0.05, 0.1) is 31.0 Å². The molecule has 0 unspecified atom stereocenters. The molecular formula is C24H21N7O2. The van der Waals surface area contributed by atoms with Crippen LogP contribution in [0.3, 0.4) is 0 Å². The molecule has 0 radical (unpaired) electrons. The van der Waals surface area contributed by atoms with E-state index in [1.165, 1.54) is 5.01 Å². The number of anilines is 2. The molecule has 9 heteroatoms. The summed E-state index contributed by atoms with van der Waals surface area (Å²) in [6, 6.07) is 17.4. The average molecular weight is 439 g/mol. The number of hydrogen-bond acceptors (Lipinski definition) is 7. The van der Waals surface area contributed by atoms with Crippen LogP contribution >= 0.6 is 0 Å². The first-order valence-electron chi connectivity index (χ1n) is 10.9. The summed E-state index contributed by atoms with van der Waals surface area (Å²) in [4.78, 5) is 24.0. The number of benzene rings is 1. The van der Waals surface area contributed by atoms with Gasteiger partial charge < -0.3 is 9.64 Å². The Kier molecular flexibility index (Phi) is 4.80. The summed E-state index contributed by atoms with van der Waals surface area (Å²) in [6.07, 6.45) is 3.72. The molecule has 0 saturated carbocycles. The monoisotopic (exact) mass is 439 g/mol. The minimum absolute atomic E-state index is 0.104. The normalized spacial score (nSPS) is 16.5. The Morgan fingerprint density at radius 3 is 2.48 bits per heavy atom. The fourth-order valence-corrected chi connectivity index (χ4v) is 4.13. The summed E-state index contributed by atoms with van der Waals surface area (Å²) in [5.74, 6) is 1.24. The van der Waals surface area contributed by atoms with Crippen LogP contribution in [0.4, 0.5) is 11.6 Å². The number of hydrazone groups is 1. The van der Waals surface area contributed by atoms with Crippen molar-refractivity contribution in [2.45, 2.75) is 6.42 Å². The summed E-state index contributed by atoms with van der Waals surface area (Å²) in [5.41, 5.74) is 4.06. The van der Waals surface area contributed by atoms with Gasteiger partial charge in [0.25, 0.3) is 5.91 Å². The van der Waals surface area contributed by atoms with Crippen LogP contribution < -0.4 is 9.91 Å². The van der Waals surface area contributed by atoms with Gasteiger partial charge in [0.15, 0.2) is 11.5 Å². The van der Waals surface area contributed by atoms with Crippen LogP contribution in [-0.4, -0.2) is 57.5 Å². The van der Waals surface area contributed by atoms with E-state index in [0.717, 1.165) is 41.4 Å². The second-order valence-electron chi connectivity index (χ2n) is 7.90. The van der Waals surface area contributed by atoms with Crippen molar-refractivity contribution in [3.05, 3.63) is 72.6 Å². The Labute approximate surface area is 189 Å². The number of ether oxygens (including phenoxy) is 1. The summed E-state index contributed by atoms with van der Waals surface area (Å²) < 4.78 is 7.36. The van der Waals surface area contributed by atoms with E-state index in [2.05, 4.69) is 15.0 Å². The molecule has 0 spiro atoms. The number of amides is 1. The molecule has 2 aliphatic rings. The molecule has 1 fully saturated rings. The minimum Gasteiger partial charge on any atom is -0.378 e. The first kappa shape index (κ1) is 19.6. The number of carbonyl (C=O) groups is 1. The van der Waals surface area contributed by atoms with Crippen molar-refractivity contribution in [3.63, 3.8) is 0 Å². The van der Waals surface area contributed by atoms with E-state index in [4.69, 9.17) is 14.8 Å². The molecule has 1 amide bonds. The van der Waals surface area contributed by atoms with Gasteiger partial charge in [-0.05, 0) is 17.7 Å². The van der Waals surface area contributed by atoms with Gasteiger partial charge in [-0.25, -0.2) is 4.98 Å². The maximum Gasteiger partial charge on any atom is 0.254 e. The molecule has 33 heavy (non-hydrogen) atoms. The first-order valence-corrected chi connectivity index (χ1v) is 10.9. The minimum atomic E-state index is -0.104. The summed E-state index contributed by atoms with van der Waals surface area (Å²) in [5, 5.41) is 10.8. The maximum atomic E-state index is 12.9. The van der Waals surface area contributed by atoms with Crippen LogP contribution in [0.1, 0.15) is 12.0 Å². The molecule has 2 aliphatic heterocycles. The number of carbonyl (C=O) groups excluding carboxylic acids is 1. The number of pyridine rings is 1. The van der Waals surface area contributed by atoms with Gasteiger partial charge in [0, 0.05) is 43.2 Å². The van der Waals surface area contributed by atoms with Crippen molar-refractivity contribution in [1.29, 1.82) is 0 Å². The lowest BCUT2D eigenvalue weighted by Crippen LogP contribution is -2.37. The van der Waals surface area contributed by atoms with Crippen LogP contribution in [0.2, 0.25) is 0 Å². The first-order chi connectivity index (χ1) is 16.3. The Balaban J connectivity index is 1.47. The standard InChI is InChI=1S/C24H21N7O2/c32-24-15-20(17-4-2-1-3-5-17)28-31(24)22-16-23(29-10-12-33-13-11-29)30-21(26-22)14-19(27-30)18-6-8-25-9-7-18/h1-9,14,16H,10-13,15H2. The Bertz CT molecular complexity index is 1350. The lowest BCUT2D eigenvalue weighted by molar-refractivity contribution is -0.116.